The van der Waals surface area contributed by atoms with Crippen LogP contribution in [0.5, 0.6) is 5.75 Å². The number of pyridine rings is 1. The van der Waals surface area contributed by atoms with Gasteiger partial charge in [-0.25, -0.2) is 0 Å². The zero-order valence-electron chi connectivity index (χ0n) is 11.2. The maximum absolute atomic E-state index is 12.1. The van der Waals surface area contributed by atoms with Crippen molar-refractivity contribution in [2.24, 2.45) is 0 Å². The lowest BCUT2D eigenvalue weighted by Gasteiger charge is -2.13. The molecular formula is C15H13BrF3NO. The smallest absolute Gasteiger partial charge is 0.406 e. The molecule has 1 heterocycles. The average molecular weight is 360 g/mol. The summed E-state index contributed by atoms with van der Waals surface area (Å²) in [6.07, 6.45) is -2.28. The third-order valence-corrected chi connectivity index (χ3v) is 3.82. The van der Waals surface area contributed by atoms with Crippen LogP contribution in [-0.4, -0.2) is 11.3 Å². The number of hydrogen-bond donors (Lipinski definition) is 0. The van der Waals surface area contributed by atoms with Crippen molar-refractivity contribution in [3.63, 3.8) is 0 Å². The maximum atomic E-state index is 12.1. The Bertz CT molecular complexity index is 599. The van der Waals surface area contributed by atoms with Gasteiger partial charge in [-0.15, -0.1) is 13.2 Å². The van der Waals surface area contributed by atoms with E-state index in [0.29, 0.717) is 6.42 Å². The van der Waals surface area contributed by atoms with Crippen LogP contribution in [0.4, 0.5) is 13.2 Å². The van der Waals surface area contributed by atoms with E-state index in [9.17, 15) is 13.2 Å². The Morgan fingerprint density at radius 3 is 2.43 bits per heavy atom. The fourth-order valence-corrected chi connectivity index (χ4v) is 2.51. The van der Waals surface area contributed by atoms with Gasteiger partial charge in [0.05, 0.1) is 0 Å². The Labute approximate surface area is 129 Å². The van der Waals surface area contributed by atoms with Gasteiger partial charge in [-0.05, 0) is 36.2 Å². The van der Waals surface area contributed by atoms with E-state index in [1.54, 1.807) is 18.3 Å². The highest BCUT2D eigenvalue weighted by Gasteiger charge is 2.31. The summed E-state index contributed by atoms with van der Waals surface area (Å²) in [5, 5.41) is 0. The van der Waals surface area contributed by atoms with Gasteiger partial charge in [0.25, 0.3) is 0 Å². The number of halogens is 4. The molecule has 0 aliphatic rings. The molecule has 0 bridgehead atoms. The van der Waals surface area contributed by atoms with Crippen molar-refractivity contribution in [3.05, 3.63) is 59.4 Å². The molecule has 0 aliphatic heterocycles. The number of benzene rings is 1. The lowest BCUT2D eigenvalue weighted by Crippen LogP contribution is -2.17. The van der Waals surface area contributed by atoms with Crippen molar-refractivity contribution in [1.29, 1.82) is 0 Å². The summed E-state index contributed by atoms with van der Waals surface area (Å²) >= 11 is 3.54. The summed E-state index contributed by atoms with van der Waals surface area (Å²) in [6, 6.07) is 9.68. The van der Waals surface area contributed by atoms with Gasteiger partial charge in [-0.3, -0.25) is 4.98 Å². The summed E-state index contributed by atoms with van der Waals surface area (Å²) in [4.78, 5) is 4.28. The molecule has 0 saturated carbocycles. The normalized spacial score (nSPS) is 13.0. The molecular weight excluding hydrogens is 347 g/mol. The molecule has 2 aromatic rings. The number of ether oxygens (including phenoxy) is 1. The van der Waals surface area contributed by atoms with Crippen molar-refractivity contribution < 1.29 is 17.9 Å². The van der Waals surface area contributed by atoms with E-state index in [4.69, 9.17) is 0 Å². The van der Waals surface area contributed by atoms with Crippen LogP contribution in [0.1, 0.15) is 21.6 Å². The lowest BCUT2D eigenvalue weighted by molar-refractivity contribution is -0.274. The Balaban J connectivity index is 2.06. The van der Waals surface area contributed by atoms with Gasteiger partial charge >= 0.3 is 6.36 Å². The largest absolute Gasteiger partial charge is 0.573 e. The van der Waals surface area contributed by atoms with E-state index < -0.39 is 6.36 Å². The highest BCUT2D eigenvalue weighted by atomic mass is 79.9. The Morgan fingerprint density at radius 2 is 1.86 bits per heavy atom. The van der Waals surface area contributed by atoms with Crippen LogP contribution in [0, 0.1) is 6.92 Å². The minimum atomic E-state index is -4.67. The molecule has 1 atom stereocenters. The fourth-order valence-electron chi connectivity index (χ4n) is 1.90. The van der Waals surface area contributed by atoms with Crippen molar-refractivity contribution in [1.82, 2.24) is 4.98 Å². The fraction of sp³-hybridized carbons (Fsp3) is 0.267. The number of aromatic nitrogens is 1. The van der Waals surface area contributed by atoms with Gasteiger partial charge in [0.15, 0.2) is 0 Å². The summed E-state index contributed by atoms with van der Waals surface area (Å²) in [5.74, 6) is -0.222. The first-order valence-electron chi connectivity index (χ1n) is 6.25. The standard InChI is InChI=1S/C15H13BrF3NO/c1-10-3-2-8-20-14(10)9-13(16)11-4-6-12(7-5-11)21-15(17,18)19/h2-8,13H,9H2,1H3. The molecule has 1 aromatic heterocycles. The molecule has 112 valence electrons. The van der Waals surface area contributed by atoms with Crippen LogP contribution in [-0.2, 0) is 6.42 Å². The number of aryl methyl sites for hydroxylation is 1. The Hall–Kier alpha value is -1.56. The van der Waals surface area contributed by atoms with Crippen molar-refractivity contribution in [3.8, 4) is 5.75 Å². The van der Waals surface area contributed by atoms with Crippen LogP contribution in [0.3, 0.4) is 0 Å². The molecule has 0 amide bonds. The third kappa shape index (κ3) is 4.74. The van der Waals surface area contributed by atoms with Gasteiger partial charge < -0.3 is 4.74 Å². The predicted molar refractivity (Wildman–Crippen MR) is 77.5 cm³/mol. The molecule has 0 fully saturated rings. The van der Waals surface area contributed by atoms with E-state index in [-0.39, 0.29) is 10.6 Å². The first kappa shape index (κ1) is 15.8. The zero-order valence-corrected chi connectivity index (χ0v) is 12.8. The van der Waals surface area contributed by atoms with E-state index in [0.717, 1.165) is 16.8 Å². The first-order chi connectivity index (χ1) is 9.85. The maximum Gasteiger partial charge on any atom is 0.573 e. The van der Waals surface area contributed by atoms with Crippen LogP contribution in [0.25, 0.3) is 0 Å². The first-order valence-corrected chi connectivity index (χ1v) is 7.17. The summed E-state index contributed by atoms with van der Waals surface area (Å²) in [7, 11) is 0. The van der Waals surface area contributed by atoms with Crippen LogP contribution >= 0.6 is 15.9 Å². The molecule has 0 radical (unpaired) electrons. The third-order valence-electron chi connectivity index (χ3n) is 2.97. The minimum absolute atomic E-state index is 0.0222. The van der Waals surface area contributed by atoms with Gasteiger partial charge in [0.1, 0.15) is 5.75 Å². The molecule has 0 aliphatic carbocycles. The Morgan fingerprint density at radius 1 is 1.19 bits per heavy atom. The minimum Gasteiger partial charge on any atom is -0.406 e. The summed E-state index contributed by atoms with van der Waals surface area (Å²) in [6.45, 7) is 1.97. The van der Waals surface area contributed by atoms with Crippen LogP contribution in [0.2, 0.25) is 0 Å². The molecule has 1 aromatic carbocycles. The molecule has 6 heteroatoms. The average Bonchev–Trinajstić information content (AvgIpc) is 2.40. The number of rotatable bonds is 4. The number of alkyl halides is 4. The van der Waals surface area contributed by atoms with Crippen molar-refractivity contribution in [2.45, 2.75) is 24.5 Å². The molecule has 2 rings (SSSR count). The topological polar surface area (TPSA) is 22.1 Å². The van der Waals surface area contributed by atoms with Gasteiger partial charge in [0, 0.05) is 23.1 Å². The van der Waals surface area contributed by atoms with E-state index in [2.05, 4.69) is 25.7 Å². The van der Waals surface area contributed by atoms with Crippen LogP contribution in [0.15, 0.2) is 42.6 Å². The van der Waals surface area contributed by atoms with E-state index >= 15 is 0 Å². The lowest BCUT2D eigenvalue weighted by atomic mass is 10.1. The molecule has 0 spiro atoms. The van der Waals surface area contributed by atoms with Crippen molar-refractivity contribution >= 4 is 15.9 Å². The second-order valence-electron chi connectivity index (χ2n) is 4.56. The van der Waals surface area contributed by atoms with Crippen molar-refractivity contribution in [2.75, 3.05) is 0 Å². The van der Waals surface area contributed by atoms with Crippen LogP contribution < -0.4 is 4.74 Å². The highest BCUT2D eigenvalue weighted by molar-refractivity contribution is 9.09. The SMILES string of the molecule is Cc1cccnc1CC(Br)c1ccc(OC(F)(F)F)cc1. The number of hydrogen-bond acceptors (Lipinski definition) is 2. The second kappa shape index (κ2) is 6.47. The quantitative estimate of drug-likeness (QED) is 0.719. The highest BCUT2D eigenvalue weighted by Crippen LogP contribution is 2.30. The Kier molecular flexibility index (Phi) is 4.88. The molecule has 2 nitrogen and oxygen atoms in total. The predicted octanol–water partition coefficient (Wildman–Crippen LogP) is 4.97. The van der Waals surface area contributed by atoms with Gasteiger partial charge in [0.2, 0.25) is 0 Å². The summed E-state index contributed by atoms with van der Waals surface area (Å²) < 4.78 is 40.1. The van der Waals surface area contributed by atoms with E-state index in [1.165, 1.54) is 12.1 Å². The van der Waals surface area contributed by atoms with E-state index in [1.807, 2.05) is 19.1 Å². The molecule has 1 unspecified atom stereocenters. The van der Waals surface area contributed by atoms with Gasteiger partial charge in [-0.2, -0.15) is 0 Å². The monoisotopic (exact) mass is 359 g/mol. The zero-order chi connectivity index (χ0) is 15.5. The molecule has 0 N–H and O–H groups in total. The van der Waals surface area contributed by atoms with Gasteiger partial charge in [-0.1, -0.05) is 34.1 Å². The number of nitrogens with zero attached hydrogens (tertiary/aromatic N) is 1. The second-order valence-corrected chi connectivity index (χ2v) is 5.66. The summed E-state index contributed by atoms with van der Waals surface area (Å²) in [5.41, 5.74) is 2.91. The molecule has 0 saturated heterocycles. The molecule has 21 heavy (non-hydrogen) atoms.